The van der Waals surface area contributed by atoms with Gasteiger partial charge in [-0.3, -0.25) is 0 Å². The van der Waals surface area contributed by atoms with Crippen LogP contribution in [0, 0.1) is 5.41 Å². The summed E-state index contributed by atoms with van der Waals surface area (Å²) in [4.78, 5) is 45.2. The van der Waals surface area contributed by atoms with Gasteiger partial charge in [0, 0.05) is 24.3 Å². The third-order valence-electron chi connectivity index (χ3n) is 2.87. The molecule has 26 heavy (non-hydrogen) atoms. The summed E-state index contributed by atoms with van der Waals surface area (Å²) in [5.41, 5.74) is -2.05. The quantitative estimate of drug-likeness (QED) is 0.287. The van der Waals surface area contributed by atoms with Gasteiger partial charge in [0.2, 0.25) is 0 Å². The predicted octanol–water partition coefficient (Wildman–Crippen LogP) is 1.19. The molecule has 0 aromatic rings. The van der Waals surface area contributed by atoms with Gasteiger partial charge in [-0.25, -0.2) is 23.6 Å². The van der Waals surface area contributed by atoms with Crippen molar-refractivity contribution in [3.05, 3.63) is 50.6 Å². The van der Waals surface area contributed by atoms with Crippen molar-refractivity contribution in [1.29, 1.82) is 0 Å². The maximum absolute atomic E-state index is 14.7. The summed E-state index contributed by atoms with van der Waals surface area (Å²) in [7, 11) is 0. The molecule has 0 aromatic carbocycles. The Labute approximate surface area is 149 Å². The Morgan fingerprint density at radius 1 is 0.731 bits per heavy atom. The Kier molecular flexibility index (Phi) is 9.94. The van der Waals surface area contributed by atoms with Crippen LogP contribution in [0.2, 0.25) is 0 Å². The van der Waals surface area contributed by atoms with E-state index in [0.29, 0.717) is 6.08 Å². The lowest BCUT2D eigenvalue weighted by molar-refractivity contribution is -0.197. The number of rotatable bonds is 12. The molecule has 0 aromatic heterocycles. The molecule has 0 spiro atoms. The zero-order chi connectivity index (χ0) is 20.2. The summed E-state index contributed by atoms with van der Waals surface area (Å²) in [6.07, 6.45) is 0.622. The lowest BCUT2D eigenvalue weighted by Gasteiger charge is -2.33. The second-order valence-corrected chi connectivity index (χ2v) is 4.75. The number of esters is 4. The maximum Gasteiger partial charge on any atom is 0.332 e. The van der Waals surface area contributed by atoms with Gasteiger partial charge in [0.15, 0.2) is 0 Å². The van der Waals surface area contributed by atoms with Crippen molar-refractivity contribution < 1.29 is 42.5 Å². The van der Waals surface area contributed by atoms with Crippen LogP contribution in [0.25, 0.3) is 0 Å². The fraction of sp³-hybridized carbons (Fsp3) is 0.294. The lowest BCUT2D eigenvalue weighted by Crippen LogP contribution is -2.48. The minimum atomic E-state index is -2.49. The van der Waals surface area contributed by atoms with E-state index in [4.69, 9.17) is 14.2 Å². The van der Waals surface area contributed by atoms with Crippen LogP contribution in [0.5, 0.6) is 0 Å². The summed E-state index contributed by atoms with van der Waals surface area (Å²) in [6, 6.07) is 0. The highest BCUT2D eigenvalue weighted by molar-refractivity contribution is 5.82. The molecule has 0 fully saturated rings. The highest BCUT2D eigenvalue weighted by Crippen LogP contribution is 2.29. The molecule has 0 rings (SSSR count). The van der Waals surface area contributed by atoms with Gasteiger partial charge in [-0.2, -0.15) is 0 Å². The van der Waals surface area contributed by atoms with Crippen LogP contribution in [0.4, 0.5) is 4.39 Å². The molecule has 0 saturated heterocycles. The minimum absolute atomic E-state index is 0.693. The highest BCUT2D eigenvalue weighted by atomic mass is 19.1. The van der Waals surface area contributed by atoms with Gasteiger partial charge in [0.25, 0.3) is 6.36 Å². The Hall–Kier alpha value is -3.23. The average molecular weight is 370 g/mol. The number of ether oxygens (including phenoxy) is 4. The molecule has 0 amide bonds. The van der Waals surface area contributed by atoms with E-state index in [-0.39, 0.29) is 0 Å². The molecule has 0 heterocycles. The van der Waals surface area contributed by atoms with E-state index in [1.54, 1.807) is 0 Å². The number of halogens is 1. The lowest BCUT2D eigenvalue weighted by atomic mass is 9.90. The van der Waals surface area contributed by atoms with Crippen LogP contribution < -0.4 is 0 Å². The topological polar surface area (TPSA) is 105 Å². The number of hydrogen-bond acceptors (Lipinski definition) is 8. The molecule has 0 radical (unpaired) electrons. The molecule has 8 nitrogen and oxygen atoms in total. The molecule has 1 unspecified atom stereocenters. The van der Waals surface area contributed by atoms with Crippen molar-refractivity contribution in [2.24, 2.45) is 5.41 Å². The van der Waals surface area contributed by atoms with Gasteiger partial charge in [-0.15, -0.1) is 0 Å². The van der Waals surface area contributed by atoms with E-state index in [0.717, 1.165) is 18.2 Å². The van der Waals surface area contributed by atoms with Gasteiger partial charge in [-0.05, 0) is 0 Å². The zero-order valence-corrected chi connectivity index (χ0v) is 14.0. The number of carbonyl (C=O) groups is 4. The van der Waals surface area contributed by atoms with Crippen molar-refractivity contribution in [3.8, 4) is 0 Å². The van der Waals surface area contributed by atoms with Crippen LogP contribution in [0.15, 0.2) is 50.6 Å². The molecule has 142 valence electrons. The van der Waals surface area contributed by atoms with Crippen LogP contribution in [0.3, 0.4) is 0 Å². The third kappa shape index (κ3) is 7.56. The largest absolute Gasteiger partial charge is 0.461 e. The second kappa shape index (κ2) is 11.3. The van der Waals surface area contributed by atoms with E-state index in [1.165, 1.54) is 0 Å². The summed E-state index contributed by atoms with van der Waals surface area (Å²) in [5, 5.41) is 0. The van der Waals surface area contributed by atoms with E-state index in [2.05, 4.69) is 31.1 Å². The SMILES string of the molecule is C=CC(=O)OCC(COC(=O)C=C)(COC(=O)C=C)C(F)OC(=O)C=C. The van der Waals surface area contributed by atoms with E-state index < -0.39 is 55.5 Å². The Morgan fingerprint density at radius 2 is 1.04 bits per heavy atom. The summed E-state index contributed by atoms with van der Waals surface area (Å²) < 4.78 is 33.5. The normalized spacial score (nSPS) is 11.3. The van der Waals surface area contributed by atoms with Crippen molar-refractivity contribution in [1.82, 2.24) is 0 Å². The molecule has 0 aliphatic carbocycles. The number of hydrogen-bond donors (Lipinski definition) is 0. The molecule has 0 N–H and O–H groups in total. The minimum Gasteiger partial charge on any atom is -0.461 e. The fourth-order valence-corrected chi connectivity index (χ4v) is 1.42. The van der Waals surface area contributed by atoms with Gasteiger partial charge >= 0.3 is 23.9 Å². The van der Waals surface area contributed by atoms with Crippen molar-refractivity contribution >= 4 is 23.9 Å². The summed E-state index contributed by atoms with van der Waals surface area (Å²) >= 11 is 0. The van der Waals surface area contributed by atoms with Crippen LogP contribution >= 0.6 is 0 Å². The first-order valence-corrected chi connectivity index (χ1v) is 7.09. The third-order valence-corrected chi connectivity index (χ3v) is 2.87. The van der Waals surface area contributed by atoms with E-state index in [1.807, 2.05) is 0 Å². The number of alkyl halides is 1. The van der Waals surface area contributed by atoms with Gasteiger partial charge in [-0.1, -0.05) is 26.3 Å². The fourth-order valence-electron chi connectivity index (χ4n) is 1.42. The molecular formula is C17H19FO8. The molecule has 9 heteroatoms. The monoisotopic (exact) mass is 370 g/mol. The smallest absolute Gasteiger partial charge is 0.332 e. The van der Waals surface area contributed by atoms with Crippen molar-refractivity contribution in [3.63, 3.8) is 0 Å². The van der Waals surface area contributed by atoms with Gasteiger partial charge in [0.05, 0.1) is 0 Å². The first-order valence-electron chi connectivity index (χ1n) is 7.09. The first kappa shape index (κ1) is 22.8. The predicted molar refractivity (Wildman–Crippen MR) is 87.1 cm³/mol. The Bertz CT molecular complexity index is 536. The van der Waals surface area contributed by atoms with Crippen molar-refractivity contribution in [2.75, 3.05) is 19.8 Å². The molecule has 0 bridgehead atoms. The first-order chi connectivity index (χ1) is 12.2. The number of carbonyl (C=O) groups excluding carboxylic acids is 4. The van der Waals surface area contributed by atoms with Crippen LogP contribution in [0.1, 0.15) is 0 Å². The zero-order valence-electron chi connectivity index (χ0n) is 14.0. The van der Waals surface area contributed by atoms with Crippen molar-refractivity contribution in [2.45, 2.75) is 6.36 Å². The second-order valence-electron chi connectivity index (χ2n) is 4.75. The molecule has 1 atom stereocenters. The highest BCUT2D eigenvalue weighted by Gasteiger charge is 2.46. The Morgan fingerprint density at radius 3 is 1.31 bits per heavy atom. The Balaban J connectivity index is 5.65. The maximum atomic E-state index is 14.7. The van der Waals surface area contributed by atoms with Crippen LogP contribution in [-0.4, -0.2) is 50.1 Å². The molecule has 0 aliphatic heterocycles. The average Bonchev–Trinajstić information content (AvgIpc) is 2.66. The van der Waals surface area contributed by atoms with E-state index >= 15 is 0 Å². The molecular weight excluding hydrogens is 351 g/mol. The standard InChI is InChI=1S/C17H19FO8/c1-5-12(19)23-9-17(10-24-13(20)6-2,11-25-14(21)7-3)16(18)26-15(22)8-4/h5-8,16H,1-4,9-11H2. The molecule has 0 saturated carbocycles. The molecule has 0 aliphatic rings. The van der Waals surface area contributed by atoms with E-state index in [9.17, 15) is 23.6 Å². The van der Waals surface area contributed by atoms with Gasteiger partial charge < -0.3 is 18.9 Å². The van der Waals surface area contributed by atoms with Gasteiger partial charge in [0.1, 0.15) is 25.2 Å². The summed E-state index contributed by atoms with van der Waals surface area (Å²) in [5.74, 6) is -3.92. The summed E-state index contributed by atoms with van der Waals surface area (Å²) in [6.45, 7) is 10.4. The van der Waals surface area contributed by atoms with Crippen LogP contribution in [-0.2, 0) is 38.1 Å².